The number of hydrogen-bond donors (Lipinski definition) is 1. The van der Waals surface area contributed by atoms with Crippen LogP contribution in [-0.4, -0.2) is 30.5 Å². The first-order valence-electron chi connectivity index (χ1n) is 7.26. The maximum atomic E-state index is 12.3. The second-order valence-electron chi connectivity index (χ2n) is 5.69. The Morgan fingerprint density at radius 3 is 2.81 bits per heavy atom. The fourth-order valence-electron chi connectivity index (χ4n) is 2.36. The minimum Gasteiger partial charge on any atom is -0.479 e. The second-order valence-corrected chi connectivity index (χ2v) is 5.69. The van der Waals surface area contributed by atoms with Crippen molar-refractivity contribution in [2.75, 3.05) is 11.4 Å². The summed E-state index contributed by atoms with van der Waals surface area (Å²) in [6.45, 7) is 7.89. The molecule has 1 N–H and O–H groups in total. The van der Waals surface area contributed by atoms with E-state index in [1.807, 2.05) is 39.0 Å². The van der Waals surface area contributed by atoms with Gasteiger partial charge in [0, 0.05) is 19.0 Å². The van der Waals surface area contributed by atoms with Crippen molar-refractivity contribution < 1.29 is 14.3 Å². The lowest BCUT2D eigenvalue weighted by Gasteiger charge is -2.33. The molecule has 0 aromatic heterocycles. The third kappa shape index (κ3) is 3.54. The number of benzene rings is 1. The monoisotopic (exact) mass is 290 g/mol. The summed E-state index contributed by atoms with van der Waals surface area (Å²) < 4.78 is 5.61. The van der Waals surface area contributed by atoms with E-state index in [9.17, 15) is 9.59 Å². The van der Waals surface area contributed by atoms with E-state index in [4.69, 9.17) is 4.74 Å². The van der Waals surface area contributed by atoms with Gasteiger partial charge in [-0.05, 0) is 45.4 Å². The van der Waals surface area contributed by atoms with Crippen LogP contribution in [0.5, 0.6) is 5.75 Å². The topological polar surface area (TPSA) is 58.6 Å². The average Bonchev–Trinajstić information content (AvgIpc) is 2.39. The summed E-state index contributed by atoms with van der Waals surface area (Å²) in [5, 5.41) is 2.84. The number of hydrogen-bond acceptors (Lipinski definition) is 3. The molecule has 5 heteroatoms. The SMILES string of the molecule is Cc1ccc2c(c1)N(CCC(=O)NC(C)C)C(=O)C(C)O2. The molecule has 0 saturated carbocycles. The molecule has 0 spiro atoms. The number of carbonyl (C=O) groups excluding carboxylic acids is 2. The third-order valence-corrected chi connectivity index (χ3v) is 3.33. The highest BCUT2D eigenvalue weighted by Gasteiger charge is 2.31. The van der Waals surface area contributed by atoms with Gasteiger partial charge < -0.3 is 15.0 Å². The van der Waals surface area contributed by atoms with Crippen molar-refractivity contribution in [2.45, 2.75) is 46.3 Å². The first kappa shape index (κ1) is 15.4. The number of aryl methyl sites for hydroxylation is 1. The lowest BCUT2D eigenvalue weighted by Crippen LogP contribution is -2.46. The van der Waals surface area contributed by atoms with Crippen LogP contribution < -0.4 is 15.0 Å². The molecule has 0 aliphatic carbocycles. The number of nitrogens with zero attached hydrogens (tertiary/aromatic N) is 1. The molecule has 0 radical (unpaired) electrons. The summed E-state index contributed by atoms with van der Waals surface area (Å²) in [6, 6.07) is 5.84. The molecule has 1 aromatic rings. The lowest BCUT2D eigenvalue weighted by molar-refractivity contribution is -0.125. The van der Waals surface area contributed by atoms with Gasteiger partial charge in [-0.2, -0.15) is 0 Å². The lowest BCUT2D eigenvalue weighted by atomic mass is 10.1. The summed E-state index contributed by atoms with van der Waals surface area (Å²) in [5.74, 6) is 0.536. The predicted molar refractivity (Wildman–Crippen MR) is 81.5 cm³/mol. The Kier molecular flexibility index (Phi) is 4.50. The van der Waals surface area contributed by atoms with Gasteiger partial charge in [0.15, 0.2) is 6.10 Å². The Balaban J connectivity index is 2.16. The zero-order valence-electron chi connectivity index (χ0n) is 13.0. The largest absolute Gasteiger partial charge is 0.479 e. The van der Waals surface area contributed by atoms with Crippen molar-refractivity contribution >= 4 is 17.5 Å². The van der Waals surface area contributed by atoms with E-state index >= 15 is 0 Å². The molecule has 2 rings (SSSR count). The maximum Gasteiger partial charge on any atom is 0.267 e. The van der Waals surface area contributed by atoms with Gasteiger partial charge in [0.25, 0.3) is 5.91 Å². The molecule has 1 aliphatic rings. The number of rotatable bonds is 4. The molecule has 2 amide bonds. The molecule has 0 saturated heterocycles. The normalized spacial score (nSPS) is 17.5. The number of carbonyl (C=O) groups is 2. The minimum absolute atomic E-state index is 0.0499. The number of ether oxygens (including phenoxy) is 1. The molecule has 0 bridgehead atoms. The van der Waals surface area contributed by atoms with E-state index in [2.05, 4.69) is 5.32 Å². The average molecular weight is 290 g/mol. The van der Waals surface area contributed by atoms with Crippen LogP contribution in [0.15, 0.2) is 18.2 Å². The van der Waals surface area contributed by atoms with Crippen molar-refractivity contribution in [1.82, 2.24) is 5.32 Å². The van der Waals surface area contributed by atoms with Crippen molar-refractivity contribution in [1.29, 1.82) is 0 Å². The van der Waals surface area contributed by atoms with Crippen LogP contribution in [0.1, 0.15) is 32.8 Å². The second kappa shape index (κ2) is 6.16. The highest BCUT2D eigenvalue weighted by molar-refractivity contribution is 6.00. The van der Waals surface area contributed by atoms with Crippen LogP contribution in [0.3, 0.4) is 0 Å². The molecular formula is C16H22N2O3. The van der Waals surface area contributed by atoms with E-state index in [0.29, 0.717) is 12.3 Å². The molecule has 21 heavy (non-hydrogen) atoms. The molecule has 0 fully saturated rings. The van der Waals surface area contributed by atoms with Crippen molar-refractivity contribution in [2.24, 2.45) is 0 Å². The Bertz CT molecular complexity index is 554. The fourth-order valence-corrected chi connectivity index (χ4v) is 2.36. The van der Waals surface area contributed by atoms with Gasteiger partial charge in [0.2, 0.25) is 5.91 Å². The molecule has 1 aliphatic heterocycles. The van der Waals surface area contributed by atoms with E-state index in [1.165, 1.54) is 0 Å². The van der Waals surface area contributed by atoms with Crippen LogP contribution in [0, 0.1) is 6.92 Å². The van der Waals surface area contributed by atoms with E-state index in [-0.39, 0.29) is 24.3 Å². The third-order valence-electron chi connectivity index (χ3n) is 3.33. The predicted octanol–water partition coefficient (Wildman–Crippen LogP) is 2.02. The number of nitrogens with one attached hydrogen (secondary N) is 1. The van der Waals surface area contributed by atoms with Gasteiger partial charge in [-0.1, -0.05) is 6.07 Å². The van der Waals surface area contributed by atoms with Gasteiger partial charge >= 0.3 is 0 Å². The van der Waals surface area contributed by atoms with E-state index < -0.39 is 6.10 Å². The zero-order chi connectivity index (χ0) is 15.6. The summed E-state index contributed by atoms with van der Waals surface area (Å²) in [7, 11) is 0. The van der Waals surface area contributed by atoms with Gasteiger partial charge in [0.05, 0.1) is 5.69 Å². The summed E-state index contributed by atoms with van der Waals surface area (Å²) >= 11 is 0. The van der Waals surface area contributed by atoms with Crippen LogP contribution in [0.25, 0.3) is 0 Å². The van der Waals surface area contributed by atoms with Crippen LogP contribution in [-0.2, 0) is 9.59 Å². The molecular weight excluding hydrogens is 268 g/mol. The highest BCUT2D eigenvalue weighted by Crippen LogP contribution is 2.34. The summed E-state index contributed by atoms with van der Waals surface area (Å²) in [6.07, 6.45) is -0.238. The number of anilines is 1. The van der Waals surface area contributed by atoms with Crippen molar-refractivity contribution in [3.63, 3.8) is 0 Å². The Labute approximate surface area is 125 Å². The summed E-state index contributed by atoms with van der Waals surface area (Å²) in [4.78, 5) is 25.7. The number of fused-ring (bicyclic) bond motifs is 1. The first-order valence-corrected chi connectivity index (χ1v) is 7.26. The molecule has 1 unspecified atom stereocenters. The molecule has 5 nitrogen and oxygen atoms in total. The van der Waals surface area contributed by atoms with Gasteiger partial charge in [-0.3, -0.25) is 9.59 Å². The standard InChI is InChI=1S/C16H22N2O3/c1-10(2)17-15(19)7-8-18-13-9-11(3)5-6-14(13)21-12(4)16(18)20/h5-6,9-10,12H,7-8H2,1-4H3,(H,17,19). The van der Waals surface area contributed by atoms with Gasteiger partial charge in [-0.15, -0.1) is 0 Å². The zero-order valence-corrected chi connectivity index (χ0v) is 13.0. The van der Waals surface area contributed by atoms with E-state index in [0.717, 1.165) is 11.3 Å². The van der Waals surface area contributed by atoms with Crippen LogP contribution in [0.4, 0.5) is 5.69 Å². The number of amides is 2. The highest BCUT2D eigenvalue weighted by atomic mass is 16.5. The van der Waals surface area contributed by atoms with Crippen molar-refractivity contribution in [3.8, 4) is 5.75 Å². The van der Waals surface area contributed by atoms with Crippen molar-refractivity contribution in [3.05, 3.63) is 23.8 Å². The molecule has 1 heterocycles. The Morgan fingerprint density at radius 1 is 1.43 bits per heavy atom. The molecule has 114 valence electrons. The van der Waals surface area contributed by atoms with Gasteiger partial charge in [-0.25, -0.2) is 0 Å². The molecule has 1 aromatic carbocycles. The van der Waals surface area contributed by atoms with Crippen LogP contribution in [0.2, 0.25) is 0 Å². The first-order chi connectivity index (χ1) is 9.88. The van der Waals surface area contributed by atoms with E-state index in [1.54, 1.807) is 11.8 Å². The molecule has 1 atom stereocenters. The Hall–Kier alpha value is -2.04. The fraction of sp³-hybridized carbons (Fsp3) is 0.500. The quantitative estimate of drug-likeness (QED) is 0.923. The van der Waals surface area contributed by atoms with Gasteiger partial charge in [0.1, 0.15) is 5.75 Å². The minimum atomic E-state index is -0.520. The maximum absolute atomic E-state index is 12.3. The van der Waals surface area contributed by atoms with Crippen LogP contribution >= 0.6 is 0 Å². The Morgan fingerprint density at radius 2 is 2.14 bits per heavy atom. The smallest absolute Gasteiger partial charge is 0.267 e. The summed E-state index contributed by atoms with van der Waals surface area (Å²) in [5.41, 5.74) is 1.80.